The lowest BCUT2D eigenvalue weighted by Gasteiger charge is -2.35. The summed E-state index contributed by atoms with van der Waals surface area (Å²) in [7, 11) is 1.51. The summed E-state index contributed by atoms with van der Waals surface area (Å²) >= 11 is 0. The van der Waals surface area contributed by atoms with E-state index in [0.717, 1.165) is 11.1 Å². The topological polar surface area (TPSA) is 115 Å². The number of hydrogen-bond donors (Lipinski definition) is 0. The number of nitrogens with zero attached hydrogens (tertiary/aromatic N) is 7. The highest BCUT2D eigenvalue weighted by Crippen LogP contribution is 2.53. The van der Waals surface area contributed by atoms with Crippen LogP contribution in [-0.2, 0) is 20.2 Å². The van der Waals surface area contributed by atoms with Crippen molar-refractivity contribution in [3.05, 3.63) is 71.0 Å². The van der Waals surface area contributed by atoms with Crippen LogP contribution in [0.25, 0.3) is 33.7 Å². The van der Waals surface area contributed by atoms with Gasteiger partial charge in [-0.05, 0) is 34.1 Å². The SMILES string of the molecule is COP(=O)(OCCCn1c(/N=C/N(C)C)nc2nc(-c3ccccc3)c(-c3ccccc3)nc2c1=O)N(C(C)C)C(C)C. The summed E-state index contributed by atoms with van der Waals surface area (Å²) < 4.78 is 27.9. The number of fused-ring (bicyclic) bond motifs is 1. The van der Waals surface area contributed by atoms with Crippen LogP contribution >= 0.6 is 7.75 Å². The van der Waals surface area contributed by atoms with Crippen LogP contribution in [0.2, 0.25) is 0 Å². The molecular formula is C31H40N7O4P. The molecule has 2 aromatic carbocycles. The van der Waals surface area contributed by atoms with E-state index in [-0.39, 0.29) is 47.9 Å². The maximum Gasteiger partial charge on any atom is 0.408 e. The van der Waals surface area contributed by atoms with Crippen LogP contribution in [0.15, 0.2) is 70.5 Å². The van der Waals surface area contributed by atoms with Crippen LogP contribution in [0.5, 0.6) is 0 Å². The molecule has 4 aromatic rings. The predicted octanol–water partition coefficient (Wildman–Crippen LogP) is 6.02. The van der Waals surface area contributed by atoms with Gasteiger partial charge in [-0.2, -0.15) is 4.98 Å². The minimum atomic E-state index is -3.54. The molecule has 0 radical (unpaired) electrons. The van der Waals surface area contributed by atoms with Crippen LogP contribution in [0.3, 0.4) is 0 Å². The Morgan fingerprint density at radius 3 is 1.98 bits per heavy atom. The van der Waals surface area contributed by atoms with Gasteiger partial charge in [0.15, 0.2) is 11.2 Å². The molecule has 0 saturated heterocycles. The average molecular weight is 606 g/mol. The quantitative estimate of drug-likeness (QED) is 0.0781. The first-order chi connectivity index (χ1) is 20.6. The van der Waals surface area contributed by atoms with Gasteiger partial charge in [0, 0.05) is 51.0 Å². The zero-order chi connectivity index (χ0) is 31.1. The lowest BCUT2D eigenvalue weighted by Crippen LogP contribution is -2.35. The normalized spacial score (nSPS) is 13.4. The Bertz CT molecular complexity index is 1650. The largest absolute Gasteiger partial charge is 0.408 e. The second-order valence-electron chi connectivity index (χ2n) is 10.8. The summed E-state index contributed by atoms with van der Waals surface area (Å²) in [5.74, 6) is 0.188. The Hall–Kier alpha value is -3.76. The van der Waals surface area contributed by atoms with Crippen molar-refractivity contribution in [2.45, 2.75) is 52.7 Å². The molecule has 0 amide bonds. The first kappa shape index (κ1) is 32.2. The van der Waals surface area contributed by atoms with E-state index in [1.165, 1.54) is 11.7 Å². The number of hydrogen-bond acceptors (Lipinski definition) is 8. The van der Waals surface area contributed by atoms with Gasteiger partial charge in [0.25, 0.3) is 5.56 Å². The summed E-state index contributed by atoms with van der Waals surface area (Å²) in [6.07, 6.45) is 1.93. The molecule has 0 aliphatic rings. The zero-order valence-electron chi connectivity index (χ0n) is 25.8. The fourth-order valence-corrected chi connectivity index (χ4v) is 6.78. The van der Waals surface area contributed by atoms with E-state index >= 15 is 0 Å². The van der Waals surface area contributed by atoms with Crippen molar-refractivity contribution < 1.29 is 13.6 Å². The summed E-state index contributed by atoms with van der Waals surface area (Å²) in [4.78, 5) is 34.6. The Balaban J connectivity index is 1.76. The molecule has 43 heavy (non-hydrogen) atoms. The lowest BCUT2D eigenvalue weighted by molar-refractivity contribution is 0.147. The highest BCUT2D eigenvalue weighted by Gasteiger charge is 2.36. The molecule has 4 rings (SSSR count). The number of rotatable bonds is 13. The summed E-state index contributed by atoms with van der Waals surface area (Å²) in [5.41, 5.74) is 2.86. The Kier molecular flexibility index (Phi) is 10.6. The van der Waals surface area contributed by atoms with Gasteiger partial charge < -0.3 is 4.90 Å². The molecule has 12 heteroatoms. The minimum absolute atomic E-state index is 0.0526. The van der Waals surface area contributed by atoms with Gasteiger partial charge in [-0.1, -0.05) is 60.7 Å². The van der Waals surface area contributed by atoms with Crippen LogP contribution < -0.4 is 5.56 Å². The van der Waals surface area contributed by atoms with Gasteiger partial charge in [0.05, 0.1) is 24.3 Å². The molecule has 11 nitrogen and oxygen atoms in total. The number of benzene rings is 2. The maximum atomic E-state index is 14.0. The molecule has 0 saturated carbocycles. The second kappa shape index (κ2) is 14.1. The first-order valence-electron chi connectivity index (χ1n) is 14.3. The molecule has 0 N–H and O–H groups in total. The first-order valence-corrected chi connectivity index (χ1v) is 15.8. The van der Waals surface area contributed by atoms with E-state index in [9.17, 15) is 9.36 Å². The van der Waals surface area contributed by atoms with Gasteiger partial charge in [0.2, 0.25) is 5.95 Å². The minimum Gasteiger partial charge on any atom is -0.369 e. The molecule has 0 spiro atoms. The monoisotopic (exact) mass is 605 g/mol. The molecule has 1 unspecified atom stereocenters. The molecule has 0 aliphatic heterocycles. The standard InChI is InChI=1S/C31H40N7O4P/c1-22(2)38(23(3)4)43(40,41-7)42-20-14-19-37-30(39)28-29(35-31(37)32-21-36(5)6)34-27(25-17-12-9-13-18-25)26(33-28)24-15-10-8-11-16-24/h8-13,15-18,21-23H,14,19-20H2,1-7H3/b32-21+. The highest BCUT2D eigenvalue weighted by molar-refractivity contribution is 7.51. The highest BCUT2D eigenvalue weighted by atomic mass is 31.2. The molecule has 1 atom stereocenters. The van der Waals surface area contributed by atoms with Gasteiger partial charge in [-0.15, -0.1) is 0 Å². The van der Waals surface area contributed by atoms with E-state index in [0.29, 0.717) is 17.8 Å². The average Bonchev–Trinajstić information content (AvgIpc) is 2.99. The summed E-state index contributed by atoms with van der Waals surface area (Å²) in [6, 6.07) is 19.2. The van der Waals surface area contributed by atoms with Crippen molar-refractivity contribution >= 4 is 31.2 Å². The Morgan fingerprint density at radius 1 is 0.907 bits per heavy atom. The van der Waals surface area contributed by atoms with Crippen molar-refractivity contribution in [2.75, 3.05) is 27.8 Å². The van der Waals surface area contributed by atoms with Crippen molar-refractivity contribution in [3.8, 4) is 22.5 Å². The van der Waals surface area contributed by atoms with Crippen LogP contribution in [0, 0.1) is 0 Å². The van der Waals surface area contributed by atoms with Crippen LogP contribution in [0.1, 0.15) is 34.1 Å². The van der Waals surface area contributed by atoms with E-state index in [1.807, 2.05) is 102 Å². The van der Waals surface area contributed by atoms with Gasteiger partial charge >= 0.3 is 7.75 Å². The van der Waals surface area contributed by atoms with Crippen molar-refractivity contribution in [2.24, 2.45) is 4.99 Å². The fraction of sp³-hybridized carbons (Fsp3) is 0.387. The molecule has 2 heterocycles. The molecular weight excluding hydrogens is 565 g/mol. The van der Waals surface area contributed by atoms with Crippen LogP contribution in [-0.4, -0.2) is 75.3 Å². The second-order valence-corrected chi connectivity index (χ2v) is 12.8. The third-order valence-corrected chi connectivity index (χ3v) is 9.08. The smallest absolute Gasteiger partial charge is 0.369 e. The summed E-state index contributed by atoms with van der Waals surface area (Å²) in [6.45, 7) is 8.07. The van der Waals surface area contributed by atoms with Crippen molar-refractivity contribution in [1.29, 1.82) is 0 Å². The predicted molar refractivity (Wildman–Crippen MR) is 172 cm³/mol. The van der Waals surface area contributed by atoms with E-state index in [4.69, 9.17) is 19.0 Å². The van der Waals surface area contributed by atoms with Crippen LogP contribution in [0.4, 0.5) is 5.95 Å². The van der Waals surface area contributed by atoms with Gasteiger partial charge in [-0.3, -0.25) is 18.4 Å². The number of aliphatic imine (C=N–C) groups is 1. The molecule has 228 valence electrons. The zero-order valence-corrected chi connectivity index (χ0v) is 26.7. The Morgan fingerprint density at radius 2 is 1.47 bits per heavy atom. The van der Waals surface area contributed by atoms with Crippen molar-refractivity contribution in [3.63, 3.8) is 0 Å². The molecule has 0 bridgehead atoms. The van der Waals surface area contributed by atoms with Gasteiger partial charge in [0.1, 0.15) is 0 Å². The fourth-order valence-electron chi connectivity index (χ4n) is 4.86. The molecule has 0 fully saturated rings. The third kappa shape index (κ3) is 7.43. The summed E-state index contributed by atoms with van der Waals surface area (Å²) in [5, 5.41) is 0. The van der Waals surface area contributed by atoms with E-state index in [1.54, 1.807) is 15.9 Å². The molecule has 0 aliphatic carbocycles. The van der Waals surface area contributed by atoms with Gasteiger partial charge in [-0.25, -0.2) is 24.2 Å². The number of aromatic nitrogens is 4. The van der Waals surface area contributed by atoms with Crippen molar-refractivity contribution in [1.82, 2.24) is 29.1 Å². The van der Waals surface area contributed by atoms with E-state index in [2.05, 4.69) is 9.98 Å². The Labute approximate surface area is 252 Å². The lowest BCUT2D eigenvalue weighted by atomic mass is 10.0. The van der Waals surface area contributed by atoms with E-state index < -0.39 is 7.75 Å². The maximum absolute atomic E-state index is 14.0. The third-order valence-electron chi connectivity index (χ3n) is 6.62. The molecule has 2 aromatic heterocycles.